The summed E-state index contributed by atoms with van der Waals surface area (Å²) >= 11 is 0. The van der Waals surface area contributed by atoms with Gasteiger partial charge in [0.15, 0.2) is 0 Å². The largest absolute Gasteiger partial charge is 0.486 e. The molecule has 0 aromatic heterocycles. The van der Waals surface area contributed by atoms with Gasteiger partial charge in [0.2, 0.25) is 5.60 Å². The molecule has 1 N–H and O–H groups in total. The zero-order valence-electron chi connectivity index (χ0n) is 19.0. The minimum atomic E-state index is -1.58. The van der Waals surface area contributed by atoms with Crippen LogP contribution in [0.3, 0.4) is 0 Å². The minimum absolute atomic E-state index is 0.499. The number of ether oxygens (including phenoxy) is 3. The quantitative estimate of drug-likeness (QED) is 0.556. The van der Waals surface area contributed by atoms with Crippen LogP contribution in [0, 0.1) is 0 Å². The van der Waals surface area contributed by atoms with E-state index in [4.69, 9.17) is 19.0 Å². The number of rotatable bonds is 5. The summed E-state index contributed by atoms with van der Waals surface area (Å²) in [5.74, 6) is 0.0229. The number of fused-ring (bicyclic) bond motifs is 1. The zero-order valence-corrected chi connectivity index (χ0v) is 19.0. The van der Waals surface area contributed by atoms with Crippen LogP contribution in [0.4, 0.5) is 4.79 Å². The van der Waals surface area contributed by atoms with Gasteiger partial charge >= 0.3 is 12.1 Å². The Morgan fingerprint density at radius 2 is 1.73 bits per heavy atom. The van der Waals surface area contributed by atoms with Crippen molar-refractivity contribution in [1.29, 1.82) is 0 Å². The Bertz CT molecular complexity index is 805. The molecular formula is C23H33NO6. The molecule has 0 radical (unpaired) electrons. The van der Waals surface area contributed by atoms with Gasteiger partial charge in [-0.3, -0.25) is 0 Å². The fourth-order valence-corrected chi connectivity index (χ4v) is 2.99. The van der Waals surface area contributed by atoms with Gasteiger partial charge in [0.25, 0.3) is 0 Å². The first-order valence-corrected chi connectivity index (χ1v) is 10.1. The second kappa shape index (κ2) is 8.68. The summed E-state index contributed by atoms with van der Waals surface area (Å²) in [7, 11) is 0. The van der Waals surface area contributed by atoms with E-state index in [2.05, 4.69) is 12.1 Å². The molecule has 2 atom stereocenters. The number of esters is 1. The standard InChI is InChI=1S/C23H33NO6/c1-9-15-10-12-17-16(14-15)11-13-18(27-17)23(8,19(25)28-21(2,3)4)30-24-20(26)29-22(5,6)7/h9-10,12,14,18H,1,11,13H2,2-8H3,(H,24,26). The van der Waals surface area contributed by atoms with Gasteiger partial charge < -0.3 is 14.2 Å². The van der Waals surface area contributed by atoms with Crippen molar-refractivity contribution in [3.05, 3.63) is 35.9 Å². The number of carbonyl (C=O) groups excluding carboxylic acids is 2. The Kier molecular flexibility index (Phi) is 6.87. The van der Waals surface area contributed by atoms with Gasteiger partial charge in [-0.2, -0.15) is 5.48 Å². The van der Waals surface area contributed by atoms with Crippen LogP contribution in [0.2, 0.25) is 0 Å². The molecule has 7 heteroatoms. The highest BCUT2D eigenvalue weighted by Gasteiger charge is 2.50. The third-order valence-corrected chi connectivity index (χ3v) is 4.43. The maximum absolute atomic E-state index is 13.1. The molecule has 0 saturated carbocycles. The molecule has 1 aromatic rings. The molecule has 0 fully saturated rings. The lowest BCUT2D eigenvalue weighted by molar-refractivity contribution is -0.205. The van der Waals surface area contributed by atoms with Crippen molar-refractivity contribution >= 4 is 18.1 Å². The summed E-state index contributed by atoms with van der Waals surface area (Å²) in [6.07, 6.45) is 1.47. The van der Waals surface area contributed by atoms with Gasteiger partial charge in [0, 0.05) is 0 Å². The molecule has 1 aromatic carbocycles. The topological polar surface area (TPSA) is 83.1 Å². The highest BCUT2D eigenvalue weighted by atomic mass is 16.7. The Hall–Kier alpha value is -2.54. The Morgan fingerprint density at radius 1 is 1.10 bits per heavy atom. The number of amides is 1. The molecule has 1 amide bonds. The van der Waals surface area contributed by atoms with Crippen LogP contribution < -0.4 is 10.2 Å². The molecular weight excluding hydrogens is 386 g/mol. The predicted octanol–water partition coefficient (Wildman–Crippen LogP) is 4.58. The first-order valence-electron chi connectivity index (χ1n) is 10.1. The maximum atomic E-state index is 13.1. The van der Waals surface area contributed by atoms with Crippen molar-refractivity contribution in [2.24, 2.45) is 0 Å². The van der Waals surface area contributed by atoms with E-state index in [1.165, 1.54) is 0 Å². The van der Waals surface area contributed by atoms with Crippen molar-refractivity contribution in [1.82, 2.24) is 5.48 Å². The van der Waals surface area contributed by atoms with E-state index in [1.54, 1.807) is 54.5 Å². The van der Waals surface area contributed by atoms with Gasteiger partial charge in [-0.15, -0.1) is 0 Å². The molecule has 1 heterocycles. The van der Waals surface area contributed by atoms with Crippen molar-refractivity contribution < 1.29 is 28.6 Å². The highest BCUT2D eigenvalue weighted by molar-refractivity contribution is 5.81. The molecule has 0 aliphatic carbocycles. The normalized spacial score (nSPS) is 18.3. The molecule has 0 saturated heterocycles. The molecule has 166 valence electrons. The van der Waals surface area contributed by atoms with Crippen LogP contribution in [-0.4, -0.2) is 35.0 Å². The van der Waals surface area contributed by atoms with Crippen molar-refractivity contribution in [2.45, 2.75) is 84.2 Å². The number of hydroxylamine groups is 1. The van der Waals surface area contributed by atoms with Crippen LogP contribution in [0.25, 0.3) is 6.08 Å². The van der Waals surface area contributed by atoms with Crippen LogP contribution in [0.5, 0.6) is 5.75 Å². The zero-order chi connectivity index (χ0) is 22.7. The summed E-state index contributed by atoms with van der Waals surface area (Å²) in [6, 6.07) is 5.73. The van der Waals surface area contributed by atoms with Gasteiger partial charge in [0.1, 0.15) is 23.1 Å². The van der Waals surface area contributed by atoms with Crippen molar-refractivity contribution in [2.75, 3.05) is 0 Å². The number of hydrogen-bond acceptors (Lipinski definition) is 6. The summed E-state index contributed by atoms with van der Waals surface area (Å²) in [4.78, 5) is 30.8. The minimum Gasteiger partial charge on any atom is -0.486 e. The molecule has 30 heavy (non-hydrogen) atoms. The Morgan fingerprint density at radius 3 is 2.30 bits per heavy atom. The fourth-order valence-electron chi connectivity index (χ4n) is 2.99. The Balaban J connectivity index is 2.25. The smallest absolute Gasteiger partial charge is 0.431 e. The molecule has 2 rings (SSSR count). The summed E-state index contributed by atoms with van der Waals surface area (Å²) in [5, 5.41) is 0. The second-order valence-electron chi connectivity index (χ2n) is 9.53. The van der Waals surface area contributed by atoms with Crippen molar-refractivity contribution in [3.63, 3.8) is 0 Å². The first-order chi connectivity index (χ1) is 13.7. The monoisotopic (exact) mass is 419 g/mol. The molecule has 0 bridgehead atoms. The predicted molar refractivity (Wildman–Crippen MR) is 114 cm³/mol. The number of carbonyl (C=O) groups is 2. The lowest BCUT2D eigenvalue weighted by Crippen LogP contribution is -2.58. The number of aryl methyl sites for hydroxylation is 1. The number of nitrogens with one attached hydrogen (secondary N) is 1. The summed E-state index contributed by atoms with van der Waals surface area (Å²) in [5.41, 5.74) is 1.22. The van der Waals surface area contributed by atoms with E-state index < -0.39 is 35.0 Å². The van der Waals surface area contributed by atoms with E-state index in [-0.39, 0.29) is 0 Å². The van der Waals surface area contributed by atoms with E-state index in [0.29, 0.717) is 18.6 Å². The third-order valence-electron chi connectivity index (χ3n) is 4.43. The highest BCUT2D eigenvalue weighted by Crippen LogP contribution is 2.35. The number of benzene rings is 1. The van der Waals surface area contributed by atoms with E-state index in [0.717, 1.165) is 11.1 Å². The van der Waals surface area contributed by atoms with Gasteiger partial charge in [-0.1, -0.05) is 18.7 Å². The van der Waals surface area contributed by atoms with Crippen LogP contribution in [-0.2, 0) is 25.5 Å². The summed E-state index contributed by atoms with van der Waals surface area (Å²) < 4.78 is 16.9. The number of hydrogen-bond donors (Lipinski definition) is 1. The lowest BCUT2D eigenvalue weighted by Gasteiger charge is -2.39. The molecule has 1 aliphatic heterocycles. The summed E-state index contributed by atoms with van der Waals surface area (Å²) in [6.45, 7) is 15.8. The van der Waals surface area contributed by atoms with Crippen molar-refractivity contribution in [3.8, 4) is 5.75 Å². The SMILES string of the molecule is C=Cc1ccc2c(c1)CCC(C(C)(ONC(=O)OC(C)(C)C)C(=O)OC(C)(C)C)O2. The van der Waals surface area contributed by atoms with Crippen LogP contribution in [0.15, 0.2) is 24.8 Å². The average Bonchev–Trinajstić information content (AvgIpc) is 2.62. The average molecular weight is 420 g/mol. The fraction of sp³-hybridized carbons (Fsp3) is 0.565. The third kappa shape index (κ3) is 6.23. The van der Waals surface area contributed by atoms with Crippen LogP contribution >= 0.6 is 0 Å². The maximum Gasteiger partial charge on any atom is 0.431 e. The molecule has 1 aliphatic rings. The van der Waals surface area contributed by atoms with E-state index >= 15 is 0 Å². The Labute approximate surface area is 178 Å². The van der Waals surface area contributed by atoms with Gasteiger partial charge in [-0.25, -0.2) is 14.4 Å². The van der Waals surface area contributed by atoms with Gasteiger partial charge in [-0.05, 0) is 84.6 Å². The first kappa shape index (κ1) is 23.7. The second-order valence-corrected chi connectivity index (χ2v) is 9.53. The molecule has 7 nitrogen and oxygen atoms in total. The van der Waals surface area contributed by atoms with Gasteiger partial charge in [0.05, 0.1) is 0 Å². The van der Waals surface area contributed by atoms with E-state index in [1.807, 2.05) is 18.2 Å². The van der Waals surface area contributed by atoms with Crippen LogP contribution in [0.1, 0.15) is 66.0 Å². The van der Waals surface area contributed by atoms with E-state index in [9.17, 15) is 9.59 Å². The lowest BCUT2D eigenvalue weighted by atomic mass is 9.90. The molecule has 0 spiro atoms. The molecule has 2 unspecified atom stereocenters.